The lowest BCUT2D eigenvalue weighted by molar-refractivity contribution is 0.431. The van der Waals surface area contributed by atoms with Crippen LogP contribution in [0.3, 0.4) is 0 Å². The SMILES string of the molecule is CCC1(C)C=COC=N1. The van der Waals surface area contributed by atoms with Crippen LogP contribution in [0.25, 0.3) is 0 Å². The van der Waals surface area contributed by atoms with E-state index in [2.05, 4.69) is 18.8 Å². The van der Waals surface area contributed by atoms with Gasteiger partial charge >= 0.3 is 0 Å². The van der Waals surface area contributed by atoms with Gasteiger partial charge in [-0.25, -0.2) is 4.99 Å². The second kappa shape index (κ2) is 2.21. The van der Waals surface area contributed by atoms with Crippen molar-refractivity contribution in [3.8, 4) is 0 Å². The van der Waals surface area contributed by atoms with Gasteiger partial charge in [-0.15, -0.1) is 0 Å². The van der Waals surface area contributed by atoms with Gasteiger partial charge in [-0.05, 0) is 19.4 Å². The maximum atomic E-state index is 4.79. The monoisotopic (exact) mass is 125 g/mol. The molecule has 1 unspecified atom stereocenters. The molecule has 0 radical (unpaired) electrons. The summed E-state index contributed by atoms with van der Waals surface area (Å²) in [6.45, 7) is 4.18. The van der Waals surface area contributed by atoms with Crippen LogP contribution in [0.4, 0.5) is 0 Å². The van der Waals surface area contributed by atoms with Crippen molar-refractivity contribution in [1.29, 1.82) is 0 Å². The van der Waals surface area contributed by atoms with Gasteiger partial charge in [0.2, 0.25) is 0 Å². The Kier molecular flexibility index (Phi) is 1.56. The number of rotatable bonds is 1. The van der Waals surface area contributed by atoms with Crippen LogP contribution in [0, 0.1) is 0 Å². The van der Waals surface area contributed by atoms with E-state index in [1.54, 1.807) is 6.26 Å². The van der Waals surface area contributed by atoms with E-state index in [1.165, 1.54) is 6.40 Å². The van der Waals surface area contributed by atoms with E-state index in [0.717, 1.165) is 6.42 Å². The minimum atomic E-state index is -0.0156. The Morgan fingerprint density at radius 3 is 2.78 bits per heavy atom. The molecule has 1 atom stereocenters. The summed E-state index contributed by atoms with van der Waals surface area (Å²) in [5, 5.41) is 0. The lowest BCUT2D eigenvalue weighted by Gasteiger charge is -2.19. The molecule has 1 rings (SSSR count). The Morgan fingerprint density at radius 2 is 2.44 bits per heavy atom. The Hall–Kier alpha value is -0.790. The second-order valence-electron chi connectivity index (χ2n) is 2.38. The summed E-state index contributed by atoms with van der Waals surface area (Å²) in [5.41, 5.74) is -0.0156. The van der Waals surface area contributed by atoms with E-state index in [0.29, 0.717) is 0 Å². The Balaban J connectivity index is 2.67. The van der Waals surface area contributed by atoms with Gasteiger partial charge in [-0.1, -0.05) is 6.92 Å². The van der Waals surface area contributed by atoms with Gasteiger partial charge in [0, 0.05) is 0 Å². The minimum Gasteiger partial charge on any atom is -0.454 e. The molecule has 0 spiro atoms. The molecular weight excluding hydrogens is 114 g/mol. The first-order chi connectivity index (χ1) is 4.27. The van der Waals surface area contributed by atoms with Gasteiger partial charge in [0.25, 0.3) is 0 Å². The number of ether oxygens (including phenoxy) is 1. The molecule has 0 saturated heterocycles. The van der Waals surface area contributed by atoms with Crippen molar-refractivity contribution in [2.75, 3.05) is 0 Å². The zero-order valence-corrected chi connectivity index (χ0v) is 5.79. The Labute approximate surface area is 55.2 Å². The number of hydrogen-bond acceptors (Lipinski definition) is 2. The van der Waals surface area contributed by atoms with Crippen LogP contribution in [0.1, 0.15) is 20.3 Å². The molecule has 1 aliphatic heterocycles. The fraction of sp³-hybridized carbons (Fsp3) is 0.571. The maximum Gasteiger partial charge on any atom is 0.176 e. The molecule has 0 aliphatic carbocycles. The predicted octanol–water partition coefficient (Wildman–Crippen LogP) is 1.73. The summed E-state index contributed by atoms with van der Waals surface area (Å²) in [6.07, 6.45) is 6.15. The summed E-state index contributed by atoms with van der Waals surface area (Å²) in [5.74, 6) is 0. The third-order valence-electron chi connectivity index (χ3n) is 1.63. The first-order valence-corrected chi connectivity index (χ1v) is 3.14. The summed E-state index contributed by atoms with van der Waals surface area (Å²) in [7, 11) is 0. The fourth-order valence-electron chi connectivity index (χ4n) is 0.624. The molecule has 2 nitrogen and oxygen atoms in total. The topological polar surface area (TPSA) is 21.6 Å². The molecule has 0 amide bonds. The molecule has 0 aromatic heterocycles. The van der Waals surface area contributed by atoms with E-state index in [9.17, 15) is 0 Å². The number of aliphatic imine (C=N–C) groups is 1. The lowest BCUT2D eigenvalue weighted by Crippen LogP contribution is -2.19. The van der Waals surface area contributed by atoms with Crippen LogP contribution in [0.15, 0.2) is 17.3 Å². The van der Waals surface area contributed by atoms with Crippen molar-refractivity contribution >= 4 is 6.40 Å². The first-order valence-electron chi connectivity index (χ1n) is 3.14. The standard InChI is InChI=1S/C7H11NO/c1-3-7(2)4-5-9-6-8-7/h4-6H,3H2,1-2H3. The summed E-state index contributed by atoms with van der Waals surface area (Å²) in [6, 6.07) is 0. The predicted molar refractivity (Wildman–Crippen MR) is 37.4 cm³/mol. The molecule has 0 aromatic carbocycles. The zero-order valence-electron chi connectivity index (χ0n) is 5.79. The quantitative estimate of drug-likeness (QED) is 0.523. The number of nitrogens with zero attached hydrogens (tertiary/aromatic N) is 1. The van der Waals surface area contributed by atoms with E-state index in [-0.39, 0.29) is 5.54 Å². The van der Waals surface area contributed by atoms with Crippen molar-refractivity contribution in [2.45, 2.75) is 25.8 Å². The summed E-state index contributed by atoms with van der Waals surface area (Å²) >= 11 is 0. The second-order valence-corrected chi connectivity index (χ2v) is 2.38. The van der Waals surface area contributed by atoms with E-state index in [1.807, 2.05) is 6.08 Å². The van der Waals surface area contributed by atoms with Gasteiger partial charge in [0.05, 0.1) is 11.8 Å². The van der Waals surface area contributed by atoms with Crippen LogP contribution in [-0.4, -0.2) is 11.9 Å². The highest BCUT2D eigenvalue weighted by atomic mass is 16.5. The molecule has 0 N–H and O–H groups in total. The molecule has 2 heteroatoms. The Morgan fingerprint density at radius 1 is 1.67 bits per heavy atom. The van der Waals surface area contributed by atoms with Gasteiger partial charge in [0.1, 0.15) is 0 Å². The molecule has 0 saturated carbocycles. The fourth-order valence-corrected chi connectivity index (χ4v) is 0.624. The van der Waals surface area contributed by atoms with Crippen LogP contribution in [-0.2, 0) is 4.74 Å². The molecule has 0 aromatic rings. The van der Waals surface area contributed by atoms with Crippen LogP contribution in [0.2, 0.25) is 0 Å². The van der Waals surface area contributed by atoms with Crippen molar-refractivity contribution in [1.82, 2.24) is 0 Å². The highest BCUT2D eigenvalue weighted by Gasteiger charge is 2.17. The van der Waals surface area contributed by atoms with Gasteiger partial charge < -0.3 is 4.74 Å². The normalized spacial score (nSPS) is 32.2. The molecule has 1 aliphatic rings. The van der Waals surface area contributed by atoms with Crippen molar-refractivity contribution in [3.63, 3.8) is 0 Å². The van der Waals surface area contributed by atoms with Crippen LogP contribution >= 0.6 is 0 Å². The molecular formula is C7H11NO. The molecule has 0 fully saturated rings. The highest BCUT2D eigenvalue weighted by molar-refractivity contribution is 5.50. The smallest absolute Gasteiger partial charge is 0.176 e. The van der Waals surface area contributed by atoms with E-state index < -0.39 is 0 Å². The third-order valence-corrected chi connectivity index (χ3v) is 1.63. The van der Waals surface area contributed by atoms with Crippen molar-refractivity contribution < 1.29 is 4.74 Å². The van der Waals surface area contributed by atoms with Gasteiger partial charge in [-0.2, -0.15) is 0 Å². The van der Waals surface area contributed by atoms with Gasteiger partial charge in [-0.3, -0.25) is 0 Å². The highest BCUT2D eigenvalue weighted by Crippen LogP contribution is 2.18. The molecule has 0 bridgehead atoms. The van der Waals surface area contributed by atoms with Crippen LogP contribution < -0.4 is 0 Å². The number of hydrogen-bond donors (Lipinski definition) is 0. The summed E-state index contributed by atoms with van der Waals surface area (Å²) in [4.78, 5) is 4.15. The first kappa shape index (κ1) is 6.33. The average Bonchev–Trinajstić information content (AvgIpc) is 1.90. The van der Waals surface area contributed by atoms with Gasteiger partial charge in [0.15, 0.2) is 6.40 Å². The molecule has 50 valence electrons. The maximum absolute atomic E-state index is 4.79. The van der Waals surface area contributed by atoms with E-state index in [4.69, 9.17) is 4.74 Å². The molecule has 9 heavy (non-hydrogen) atoms. The largest absolute Gasteiger partial charge is 0.454 e. The summed E-state index contributed by atoms with van der Waals surface area (Å²) < 4.78 is 4.79. The van der Waals surface area contributed by atoms with Crippen molar-refractivity contribution in [3.05, 3.63) is 12.3 Å². The van der Waals surface area contributed by atoms with E-state index >= 15 is 0 Å². The van der Waals surface area contributed by atoms with Crippen molar-refractivity contribution in [2.24, 2.45) is 4.99 Å². The Bertz CT molecular complexity index is 137. The molecule has 1 heterocycles. The minimum absolute atomic E-state index is 0.0156. The van der Waals surface area contributed by atoms with Crippen LogP contribution in [0.5, 0.6) is 0 Å². The average molecular weight is 125 g/mol. The lowest BCUT2D eigenvalue weighted by atomic mass is 10.0. The zero-order chi connectivity index (χ0) is 6.74. The third kappa shape index (κ3) is 1.31.